The molecule has 5 aromatic rings. The summed E-state index contributed by atoms with van der Waals surface area (Å²) in [5, 5.41) is 1.06. The molecule has 0 saturated carbocycles. The minimum atomic E-state index is 0.818. The number of benzene rings is 1. The third kappa shape index (κ3) is 3.36. The van der Waals surface area contributed by atoms with E-state index in [2.05, 4.69) is 43.7 Å². The molecule has 1 fully saturated rings. The largest absolute Gasteiger partial charge is 0.379 e. The number of morpholine rings is 1. The molecule has 1 saturated heterocycles. The van der Waals surface area contributed by atoms with E-state index in [0.717, 1.165) is 77.8 Å². The summed E-state index contributed by atoms with van der Waals surface area (Å²) in [4.78, 5) is 19.8. The Hall–Kier alpha value is -3.55. The first kappa shape index (κ1) is 19.2. The zero-order chi connectivity index (χ0) is 21.5. The molecule has 0 amide bonds. The first-order valence-electron chi connectivity index (χ1n) is 10.9. The van der Waals surface area contributed by atoms with E-state index in [1.165, 1.54) is 5.56 Å². The van der Waals surface area contributed by atoms with Crippen molar-refractivity contribution in [1.82, 2.24) is 29.4 Å². The Balaban J connectivity index is 1.38. The third-order valence-electron chi connectivity index (χ3n) is 6.11. The Morgan fingerprint density at radius 1 is 0.969 bits per heavy atom. The Morgan fingerprint density at radius 3 is 2.66 bits per heavy atom. The van der Waals surface area contributed by atoms with Gasteiger partial charge < -0.3 is 9.72 Å². The number of imidazole rings is 1. The molecule has 0 spiro atoms. The number of rotatable bonds is 4. The summed E-state index contributed by atoms with van der Waals surface area (Å²) >= 11 is 0. The second kappa shape index (κ2) is 7.85. The van der Waals surface area contributed by atoms with Crippen LogP contribution in [0.3, 0.4) is 0 Å². The number of pyridine rings is 2. The third-order valence-corrected chi connectivity index (χ3v) is 6.11. The molecule has 160 valence electrons. The predicted octanol–water partition coefficient (Wildman–Crippen LogP) is 4.10. The van der Waals surface area contributed by atoms with E-state index in [0.29, 0.717) is 0 Å². The maximum atomic E-state index is 5.46. The van der Waals surface area contributed by atoms with Crippen molar-refractivity contribution in [1.29, 1.82) is 0 Å². The fourth-order valence-corrected chi connectivity index (χ4v) is 4.48. The smallest absolute Gasteiger partial charge is 0.165 e. The number of aryl methyl sites for hydroxylation is 1. The fourth-order valence-electron chi connectivity index (χ4n) is 4.48. The van der Waals surface area contributed by atoms with Crippen LogP contribution in [0.5, 0.6) is 0 Å². The molecule has 1 aliphatic rings. The summed E-state index contributed by atoms with van der Waals surface area (Å²) in [5.74, 6) is 0.923. The van der Waals surface area contributed by atoms with Crippen molar-refractivity contribution in [3.8, 4) is 16.9 Å². The fraction of sp³-hybridized carbons (Fsp3) is 0.240. The number of nitrogens with zero attached hydrogens (tertiary/aromatic N) is 5. The molecule has 0 aliphatic carbocycles. The van der Waals surface area contributed by atoms with Crippen LogP contribution in [0.1, 0.15) is 11.4 Å². The van der Waals surface area contributed by atoms with Crippen LogP contribution < -0.4 is 0 Å². The standard InChI is InChI=1S/C25H24N6O/c1-17-28-23-7-6-22(20-8-10-26-24-21(20)9-11-27-24)29-25(23)31(17)19-4-2-18(3-5-19)16-30-12-14-32-15-13-30/h2-11H,12-16H2,1H3,(H,26,27). The van der Waals surface area contributed by atoms with E-state index in [-0.39, 0.29) is 0 Å². The zero-order valence-electron chi connectivity index (χ0n) is 18.0. The highest BCUT2D eigenvalue weighted by atomic mass is 16.5. The van der Waals surface area contributed by atoms with Crippen molar-refractivity contribution < 1.29 is 4.74 Å². The van der Waals surface area contributed by atoms with Gasteiger partial charge in [-0.15, -0.1) is 0 Å². The van der Waals surface area contributed by atoms with Crippen molar-refractivity contribution >= 4 is 22.2 Å². The average molecular weight is 425 g/mol. The Bertz CT molecular complexity index is 1400. The molecule has 0 unspecified atom stereocenters. The summed E-state index contributed by atoms with van der Waals surface area (Å²) in [6, 6.07) is 16.9. The first-order chi connectivity index (χ1) is 15.8. The number of hydrogen-bond donors (Lipinski definition) is 1. The van der Waals surface area contributed by atoms with Gasteiger partial charge in [0, 0.05) is 48.7 Å². The number of nitrogens with one attached hydrogen (secondary N) is 1. The van der Waals surface area contributed by atoms with Crippen molar-refractivity contribution in [2.75, 3.05) is 26.3 Å². The highest BCUT2D eigenvalue weighted by Crippen LogP contribution is 2.28. The van der Waals surface area contributed by atoms with Gasteiger partial charge in [-0.3, -0.25) is 9.47 Å². The predicted molar refractivity (Wildman–Crippen MR) is 125 cm³/mol. The van der Waals surface area contributed by atoms with Crippen LogP contribution in [0.4, 0.5) is 0 Å². The van der Waals surface area contributed by atoms with Crippen molar-refractivity contribution in [2.45, 2.75) is 13.5 Å². The van der Waals surface area contributed by atoms with Crippen LogP contribution in [0.15, 0.2) is 60.9 Å². The van der Waals surface area contributed by atoms with Crippen molar-refractivity contribution in [3.63, 3.8) is 0 Å². The average Bonchev–Trinajstić information content (AvgIpc) is 3.43. The molecule has 7 heteroatoms. The molecule has 5 heterocycles. The number of aromatic nitrogens is 5. The van der Waals surface area contributed by atoms with E-state index < -0.39 is 0 Å². The summed E-state index contributed by atoms with van der Waals surface area (Å²) in [5.41, 5.74) is 6.97. The van der Waals surface area contributed by atoms with E-state index in [4.69, 9.17) is 14.7 Å². The Labute approximate surface area is 185 Å². The minimum absolute atomic E-state index is 0.818. The van der Waals surface area contributed by atoms with Gasteiger partial charge in [0.05, 0.1) is 18.9 Å². The maximum Gasteiger partial charge on any atom is 0.165 e. The highest BCUT2D eigenvalue weighted by Gasteiger charge is 2.15. The minimum Gasteiger partial charge on any atom is -0.379 e. The molecule has 0 radical (unpaired) electrons. The summed E-state index contributed by atoms with van der Waals surface area (Å²) in [7, 11) is 0. The van der Waals surface area contributed by atoms with Gasteiger partial charge in [0.15, 0.2) is 5.65 Å². The quantitative estimate of drug-likeness (QED) is 0.470. The molecule has 7 nitrogen and oxygen atoms in total. The molecule has 1 N–H and O–H groups in total. The van der Waals surface area contributed by atoms with Gasteiger partial charge in [-0.05, 0) is 48.9 Å². The lowest BCUT2D eigenvalue weighted by atomic mass is 10.1. The molecule has 0 atom stereocenters. The summed E-state index contributed by atoms with van der Waals surface area (Å²) < 4.78 is 7.59. The lowest BCUT2D eigenvalue weighted by molar-refractivity contribution is 0.0342. The van der Waals surface area contributed by atoms with Crippen molar-refractivity contribution in [2.24, 2.45) is 0 Å². The van der Waals surface area contributed by atoms with Gasteiger partial charge >= 0.3 is 0 Å². The van der Waals surface area contributed by atoms with Gasteiger partial charge in [-0.1, -0.05) is 12.1 Å². The number of ether oxygens (including phenoxy) is 1. The van der Waals surface area contributed by atoms with E-state index in [1.807, 2.05) is 43.6 Å². The molecule has 32 heavy (non-hydrogen) atoms. The van der Waals surface area contributed by atoms with E-state index in [1.54, 1.807) is 0 Å². The highest BCUT2D eigenvalue weighted by molar-refractivity contribution is 5.93. The van der Waals surface area contributed by atoms with E-state index >= 15 is 0 Å². The zero-order valence-corrected chi connectivity index (χ0v) is 18.0. The van der Waals surface area contributed by atoms with Crippen LogP contribution in [-0.2, 0) is 11.3 Å². The molecule has 4 aromatic heterocycles. The lowest BCUT2D eigenvalue weighted by Gasteiger charge is -2.26. The molecule has 6 rings (SSSR count). The Morgan fingerprint density at radius 2 is 1.81 bits per heavy atom. The van der Waals surface area contributed by atoms with Gasteiger partial charge in [-0.2, -0.15) is 0 Å². The van der Waals surface area contributed by atoms with Crippen LogP contribution >= 0.6 is 0 Å². The topological polar surface area (TPSA) is 71.9 Å². The summed E-state index contributed by atoms with van der Waals surface area (Å²) in [6.07, 6.45) is 3.72. The second-order valence-corrected chi connectivity index (χ2v) is 8.19. The van der Waals surface area contributed by atoms with Gasteiger partial charge in [0.1, 0.15) is 17.0 Å². The number of hydrogen-bond acceptors (Lipinski definition) is 5. The summed E-state index contributed by atoms with van der Waals surface area (Å²) in [6.45, 7) is 6.59. The normalized spacial score (nSPS) is 15.0. The molecule has 1 aromatic carbocycles. The van der Waals surface area contributed by atoms with Gasteiger partial charge in [-0.25, -0.2) is 15.0 Å². The Kier molecular flexibility index (Phi) is 4.70. The van der Waals surface area contributed by atoms with E-state index in [9.17, 15) is 0 Å². The van der Waals surface area contributed by atoms with Crippen molar-refractivity contribution in [3.05, 3.63) is 72.3 Å². The molecule has 1 aliphatic heterocycles. The number of aromatic amines is 1. The maximum absolute atomic E-state index is 5.46. The monoisotopic (exact) mass is 424 g/mol. The molecular weight excluding hydrogens is 400 g/mol. The molecular formula is C25H24N6O. The van der Waals surface area contributed by atoms with Crippen LogP contribution in [0.25, 0.3) is 39.1 Å². The van der Waals surface area contributed by atoms with Crippen LogP contribution in [0.2, 0.25) is 0 Å². The second-order valence-electron chi connectivity index (χ2n) is 8.19. The van der Waals surface area contributed by atoms with Gasteiger partial charge in [0.2, 0.25) is 0 Å². The lowest BCUT2D eigenvalue weighted by Crippen LogP contribution is -2.35. The number of H-pyrrole nitrogens is 1. The van der Waals surface area contributed by atoms with Crippen LogP contribution in [-0.4, -0.2) is 55.7 Å². The van der Waals surface area contributed by atoms with Gasteiger partial charge in [0.25, 0.3) is 0 Å². The molecule has 0 bridgehead atoms. The first-order valence-corrected chi connectivity index (χ1v) is 10.9. The SMILES string of the molecule is Cc1nc2ccc(-c3ccnc4[nH]ccc34)nc2n1-c1ccc(CN2CCOCC2)cc1. The number of fused-ring (bicyclic) bond motifs is 2. The van der Waals surface area contributed by atoms with Crippen LogP contribution in [0, 0.1) is 6.92 Å².